The van der Waals surface area contributed by atoms with Crippen molar-refractivity contribution < 1.29 is 35.5 Å². The van der Waals surface area contributed by atoms with Crippen molar-refractivity contribution in [2.45, 2.75) is 56.0 Å². The van der Waals surface area contributed by atoms with Crippen LogP contribution >= 0.6 is 0 Å². The minimum atomic E-state index is -4.55. The summed E-state index contributed by atoms with van der Waals surface area (Å²) >= 11 is 0. The Morgan fingerprint density at radius 2 is 1.91 bits per heavy atom. The zero-order valence-corrected chi connectivity index (χ0v) is 16.8. The summed E-state index contributed by atoms with van der Waals surface area (Å²) in [6, 6.07) is 2.08. The van der Waals surface area contributed by atoms with Gasteiger partial charge in [0.1, 0.15) is 0 Å². The number of hydrogen-bond donors (Lipinski definition) is 1. The monoisotopic (exact) mass is 464 g/mol. The summed E-state index contributed by atoms with van der Waals surface area (Å²) in [7, 11) is 1.52. The minimum Gasteiger partial charge on any atom is -0.309 e. The smallest absolute Gasteiger partial charge is 0.309 e. The lowest BCUT2D eigenvalue weighted by molar-refractivity contribution is -0.313. The third kappa shape index (κ3) is 3.73. The molecule has 4 rings (SSSR count). The Morgan fingerprint density at radius 3 is 2.38 bits per heavy atom. The summed E-state index contributed by atoms with van der Waals surface area (Å²) in [6.45, 7) is 0. The number of alkyl halides is 7. The van der Waals surface area contributed by atoms with Crippen molar-refractivity contribution in [2.24, 2.45) is 13.0 Å². The lowest BCUT2D eigenvalue weighted by Crippen LogP contribution is -2.59. The number of aryl methyl sites for hydroxylation is 1. The van der Waals surface area contributed by atoms with Gasteiger partial charge in [-0.25, -0.2) is 0 Å². The molecule has 1 amide bonds. The van der Waals surface area contributed by atoms with Crippen LogP contribution in [0, 0.1) is 5.92 Å². The zero-order valence-electron chi connectivity index (χ0n) is 16.8. The van der Waals surface area contributed by atoms with Crippen LogP contribution in [0.5, 0.6) is 0 Å². The van der Waals surface area contributed by atoms with Gasteiger partial charge in [0, 0.05) is 37.6 Å². The first-order chi connectivity index (χ1) is 14.8. The predicted molar refractivity (Wildman–Crippen MR) is 99.3 cm³/mol. The number of nitrogens with zero attached hydrogens (tertiary/aromatic N) is 3. The summed E-state index contributed by atoms with van der Waals surface area (Å²) in [5, 5.41) is 6.64. The first-order valence-corrected chi connectivity index (χ1v) is 9.97. The molecular weight excluding hydrogens is 445 g/mol. The topological polar surface area (TPSA) is 59.8 Å². The zero-order chi connectivity index (χ0) is 23.5. The van der Waals surface area contributed by atoms with Crippen molar-refractivity contribution in [3.05, 3.63) is 29.5 Å². The van der Waals surface area contributed by atoms with Crippen molar-refractivity contribution in [3.8, 4) is 11.4 Å². The van der Waals surface area contributed by atoms with Gasteiger partial charge in [0.25, 0.3) is 0 Å². The molecule has 0 aliphatic heterocycles. The molecular formula is C20H19F7N4O. The summed E-state index contributed by atoms with van der Waals surface area (Å²) in [5.74, 6) is -11.0. The minimum absolute atomic E-state index is 0.0485. The average molecular weight is 464 g/mol. The van der Waals surface area contributed by atoms with Crippen molar-refractivity contribution in [3.63, 3.8) is 0 Å². The molecule has 0 radical (unpaired) electrons. The van der Waals surface area contributed by atoms with Gasteiger partial charge in [0.15, 0.2) is 5.82 Å². The fourth-order valence-electron chi connectivity index (χ4n) is 4.07. The molecule has 2 aliphatic carbocycles. The molecule has 2 aliphatic rings. The van der Waals surface area contributed by atoms with Gasteiger partial charge in [-0.15, -0.1) is 0 Å². The Morgan fingerprint density at radius 1 is 1.22 bits per heavy atom. The van der Waals surface area contributed by atoms with Crippen LogP contribution < -0.4 is 5.32 Å². The van der Waals surface area contributed by atoms with Crippen LogP contribution in [0.4, 0.5) is 36.6 Å². The molecule has 2 heterocycles. The van der Waals surface area contributed by atoms with E-state index in [0.29, 0.717) is 17.5 Å². The van der Waals surface area contributed by atoms with Crippen LogP contribution in [-0.2, 0) is 18.0 Å². The normalized spacial score (nSPS) is 22.2. The van der Waals surface area contributed by atoms with Gasteiger partial charge in [-0.1, -0.05) is 6.42 Å². The van der Waals surface area contributed by atoms with Crippen LogP contribution in [-0.4, -0.2) is 32.5 Å². The molecule has 1 N–H and O–H groups in total. The average Bonchev–Trinajstić information content (AvgIpc) is 2.94. The first kappa shape index (κ1) is 22.5. The Balaban J connectivity index is 1.59. The molecule has 32 heavy (non-hydrogen) atoms. The van der Waals surface area contributed by atoms with Gasteiger partial charge in [-0.3, -0.25) is 14.5 Å². The Bertz CT molecular complexity index is 1030. The van der Waals surface area contributed by atoms with Crippen molar-refractivity contribution in [1.82, 2.24) is 14.8 Å². The Kier molecular flexibility index (Phi) is 5.24. The summed E-state index contributed by atoms with van der Waals surface area (Å²) < 4.78 is 93.0. The Labute approximate surface area is 178 Å². The molecule has 2 aromatic heterocycles. The molecule has 12 heteroatoms. The number of pyridine rings is 1. The summed E-state index contributed by atoms with van der Waals surface area (Å²) in [6.07, 6.45) is -3.33. The fraction of sp³-hybridized carbons (Fsp3) is 0.550. The van der Waals surface area contributed by atoms with E-state index in [4.69, 9.17) is 0 Å². The molecule has 0 bridgehead atoms. The maximum atomic E-state index is 13.5. The van der Waals surface area contributed by atoms with Gasteiger partial charge < -0.3 is 5.32 Å². The van der Waals surface area contributed by atoms with Crippen LogP contribution in [0.15, 0.2) is 18.3 Å². The van der Waals surface area contributed by atoms with Crippen molar-refractivity contribution in [1.29, 1.82) is 0 Å². The second-order valence-electron chi connectivity index (χ2n) is 8.27. The maximum Gasteiger partial charge on any atom is 0.417 e. The highest BCUT2D eigenvalue weighted by Gasteiger charge is 2.71. The molecule has 2 aromatic rings. The van der Waals surface area contributed by atoms with Gasteiger partial charge in [0.05, 0.1) is 17.0 Å². The highest BCUT2D eigenvalue weighted by atomic mass is 19.4. The SMILES string of the molecule is Cn1nc(NC(=O)C[C@H]2CC(F)(F)C2(F)F)c(C2CCC2)c1-c1ccc(C(F)(F)F)cn1. The molecule has 2 saturated carbocycles. The number of amides is 1. The third-order valence-electron chi connectivity index (χ3n) is 6.12. The molecule has 174 valence electrons. The van der Waals surface area contributed by atoms with Crippen LogP contribution in [0.3, 0.4) is 0 Å². The molecule has 0 unspecified atom stereocenters. The van der Waals surface area contributed by atoms with E-state index in [1.807, 2.05) is 0 Å². The highest BCUT2D eigenvalue weighted by molar-refractivity contribution is 5.92. The number of aromatic nitrogens is 3. The largest absolute Gasteiger partial charge is 0.417 e. The molecule has 0 aromatic carbocycles. The van der Waals surface area contributed by atoms with Crippen molar-refractivity contribution in [2.75, 3.05) is 5.32 Å². The molecule has 1 atom stereocenters. The number of rotatable bonds is 5. The van der Waals surface area contributed by atoms with Crippen LogP contribution in [0.25, 0.3) is 11.4 Å². The number of anilines is 1. The lowest BCUT2D eigenvalue weighted by atomic mass is 9.74. The summed E-state index contributed by atoms with van der Waals surface area (Å²) in [5.41, 5.74) is 0.241. The van der Waals surface area contributed by atoms with E-state index >= 15 is 0 Å². The molecule has 5 nitrogen and oxygen atoms in total. The van der Waals surface area contributed by atoms with Gasteiger partial charge in [-0.2, -0.15) is 35.8 Å². The number of nitrogens with one attached hydrogen (secondary N) is 1. The van der Waals surface area contributed by atoms with Gasteiger partial charge >= 0.3 is 18.0 Å². The number of halogens is 7. The lowest BCUT2D eigenvalue weighted by Gasteiger charge is -2.43. The van der Waals surface area contributed by atoms with E-state index in [1.165, 1.54) is 17.8 Å². The molecule has 0 spiro atoms. The number of carbonyl (C=O) groups excluding carboxylic acids is 1. The Hall–Kier alpha value is -2.66. The maximum absolute atomic E-state index is 13.5. The van der Waals surface area contributed by atoms with Crippen molar-refractivity contribution >= 4 is 11.7 Å². The van der Waals surface area contributed by atoms with Gasteiger partial charge in [0.2, 0.25) is 5.91 Å². The van der Waals surface area contributed by atoms with Gasteiger partial charge in [-0.05, 0) is 30.9 Å². The predicted octanol–water partition coefficient (Wildman–Crippen LogP) is 5.39. The third-order valence-corrected chi connectivity index (χ3v) is 6.12. The summed E-state index contributed by atoms with van der Waals surface area (Å²) in [4.78, 5) is 16.2. The fourth-order valence-corrected chi connectivity index (χ4v) is 4.07. The standard InChI is InChI=1S/C20H19F7N4O/c1-31-16(13-6-5-11(9-28-13)20(25,26)27)15(10-3-2-4-10)17(30-31)29-14(32)7-12-8-18(21,22)19(12,23)24/h5-6,9-10,12H,2-4,7-8H2,1H3,(H,29,30,32)/t12-/m0/s1. The van der Waals surface area contributed by atoms with E-state index in [1.54, 1.807) is 0 Å². The van der Waals surface area contributed by atoms with Crippen LogP contribution in [0.1, 0.15) is 49.1 Å². The quantitative estimate of drug-likeness (QED) is 0.604. The van der Waals surface area contributed by atoms with E-state index in [9.17, 15) is 35.5 Å². The van der Waals surface area contributed by atoms with E-state index in [-0.39, 0.29) is 17.4 Å². The van der Waals surface area contributed by atoms with Crippen LogP contribution in [0.2, 0.25) is 0 Å². The van der Waals surface area contributed by atoms with E-state index in [0.717, 1.165) is 25.3 Å². The molecule has 0 saturated heterocycles. The highest BCUT2D eigenvalue weighted by Crippen LogP contribution is 2.56. The number of carbonyl (C=O) groups is 1. The first-order valence-electron chi connectivity index (χ1n) is 9.97. The molecule has 2 fully saturated rings. The number of hydrogen-bond acceptors (Lipinski definition) is 3. The second kappa shape index (κ2) is 7.45. The van der Waals surface area contributed by atoms with E-state index in [2.05, 4.69) is 15.4 Å². The van der Waals surface area contributed by atoms with E-state index < -0.39 is 48.3 Å². The second-order valence-corrected chi connectivity index (χ2v) is 8.27.